The first kappa shape index (κ1) is 19.3. The SMILES string of the molecule is C=CCNS(=O)(=O)c1cccc(C(=O)N(Cc2ccccc2F)C2CC2)c1. The van der Waals surface area contributed by atoms with Gasteiger partial charge in [-0.25, -0.2) is 17.5 Å². The topological polar surface area (TPSA) is 66.5 Å². The highest BCUT2D eigenvalue weighted by molar-refractivity contribution is 7.89. The standard InChI is InChI=1S/C20H21FN2O3S/c1-2-12-22-27(25,26)18-8-5-7-15(13-18)20(24)23(17-10-11-17)14-16-6-3-4-9-19(16)21/h2-9,13,17,22H,1,10-12,14H2. The van der Waals surface area contributed by atoms with Crippen LogP contribution in [0.25, 0.3) is 0 Å². The van der Waals surface area contributed by atoms with Crippen molar-refractivity contribution in [3.8, 4) is 0 Å². The molecule has 0 unspecified atom stereocenters. The Kier molecular flexibility index (Phi) is 5.72. The van der Waals surface area contributed by atoms with Crippen molar-refractivity contribution in [2.45, 2.75) is 30.3 Å². The van der Waals surface area contributed by atoms with Gasteiger partial charge < -0.3 is 4.90 Å². The van der Waals surface area contributed by atoms with Crippen molar-refractivity contribution in [3.05, 3.63) is 78.1 Å². The normalized spacial score (nSPS) is 14.0. The van der Waals surface area contributed by atoms with Gasteiger partial charge in [0.15, 0.2) is 0 Å². The van der Waals surface area contributed by atoms with Crippen molar-refractivity contribution >= 4 is 15.9 Å². The van der Waals surface area contributed by atoms with Gasteiger partial charge in [0.05, 0.1) is 4.90 Å². The third-order valence-electron chi connectivity index (χ3n) is 4.36. The molecular weight excluding hydrogens is 367 g/mol. The zero-order chi connectivity index (χ0) is 19.4. The number of sulfonamides is 1. The lowest BCUT2D eigenvalue weighted by molar-refractivity contribution is 0.0728. The minimum Gasteiger partial charge on any atom is -0.331 e. The van der Waals surface area contributed by atoms with Crippen molar-refractivity contribution in [2.24, 2.45) is 0 Å². The molecule has 5 nitrogen and oxygen atoms in total. The van der Waals surface area contributed by atoms with Crippen LogP contribution in [0.15, 0.2) is 66.1 Å². The van der Waals surface area contributed by atoms with Crippen LogP contribution in [-0.2, 0) is 16.6 Å². The summed E-state index contributed by atoms with van der Waals surface area (Å²) in [6.45, 7) is 3.74. The van der Waals surface area contributed by atoms with E-state index in [1.165, 1.54) is 30.3 Å². The third-order valence-corrected chi connectivity index (χ3v) is 5.78. The Morgan fingerprint density at radius 2 is 1.96 bits per heavy atom. The molecule has 0 saturated heterocycles. The zero-order valence-corrected chi connectivity index (χ0v) is 15.6. The summed E-state index contributed by atoms with van der Waals surface area (Å²) < 4.78 is 41.0. The number of carbonyl (C=O) groups is 1. The summed E-state index contributed by atoms with van der Waals surface area (Å²) in [5.74, 6) is -0.664. The number of rotatable bonds is 8. The second kappa shape index (κ2) is 8.02. The Morgan fingerprint density at radius 1 is 1.22 bits per heavy atom. The molecule has 1 N–H and O–H groups in total. The van der Waals surface area contributed by atoms with E-state index >= 15 is 0 Å². The smallest absolute Gasteiger partial charge is 0.254 e. The van der Waals surface area contributed by atoms with Crippen molar-refractivity contribution in [3.63, 3.8) is 0 Å². The van der Waals surface area contributed by atoms with E-state index in [2.05, 4.69) is 11.3 Å². The monoisotopic (exact) mass is 388 g/mol. The van der Waals surface area contributed by atoms with Gasteiger partial charge in [-0.1, -0.05) is 30.3 Å². The second-order valence-electron chi connectivity index (χ2n) is 6.42. The number of hydrogen-bond acceptors (Lipinski definition) is 3. The molecule has 0 aromatic heterocycles. The summed E-state index contributed by atoms with van der Waals surface area (Å²) in [6, 6.07) is 12.3. The number of hydrogen-bond donors (Lipinski definition) is 1. The molecule has 1 saturated carbocycles. The lowest BCUT2D eigenvalue weighted by Gasteiger charge is -2.23. The van der Waals surface area contributed by atoms with Gasteiger partial charge in [0.2, 0.25) is 10.0 Å². The average Bonchev–Trinajstić information content (AvgIpc) is 3.50. The second-order valence-corrected chi connectivity index (χ2v) is 8.19. The average molecular weight is 388 g/mol. The minimum absolute atomic E-state index is 0.0110. The molecule has 7 heteroatoms. The molecule has 27 heavy (non-hydrogen) atoms. The lowest BCUT2D eigenvalue weighted by Crippen LogP contribution is -2.33. The Balaban J connectivity index is 1.86. The van der Waals surface area contributed by atoms with Crippen LogP contribution in [0.5, 0.6) is 0 Å². The van der Waals surface area contributed by atoms with E-state index in [0.717, 1.165) is 12.8 Å². The van der Waals surface area contributed by atoms with Crippen LogP contribution in [0, 0.1) is 5.82 Å². The van der Waals surface area contributed by atoms with E-state index in [0.29, 0.717) is 5.56 Å². The molecule has 0 spiro atoms. The molecule has 3 rings (SSSR count). The summed E-state index contributed by atoms with van der Waals surface area (Å²) in [7, 11) is -3.73. The van der Waals surface area contributed by atoms with Gasteiger partial charge in [0, 0.05) is 30.3 Å². The number of nitrogens with one attached hydrogen (secondary N) is 1. The molecule has 1 fully saturated rings. The van der Waals surface area contributed by atoms with Crippen molar-refractivity contribution in [1.82, 2.24) is 9.62 Å². The fraction of sp³-hybridized carbons (Fsp3) is 0.250. The zero-order valence-electron chi connectivity index (χ0n) is 14.8. The van der Waals surface area contributed by atoms with E-state index < -0.39 is 10.0 Å². The van der Waals surface area contributed by atoms with E-state index in [4.69, 9.17) is 0 Å². The first-order valence-electron chi connectivity index (χ1n) is 8.67. The quantitative estimate of drug-likeness (QED) is 0.707. The molecule has 1 aliphatic carbocycles. The van der Waals surface area contributed by atoms with Gasteiger partial charge in [0.1, 0.15) is 5.82 Å². The maximum absolute atomic E-state index is 14.0. The summed E-state index contributed by atoms with van der Waals surface area (Å²) in [4.78, 5) is 14.6. The van der Waals surface area contributed by atoms with Gasteiger partial charge in [-0.15, -0.1) is 6.58 Å². The fourth-order valence-corrected chi connectivity index (χ4v) is 3.82. The first-order chi connectivity index (χ1) is 12.9. The molecule has 0 bridgehead atoms. The number of halogens is 1. The highest BCUT2D eigenvalue weighted by atomic mass is 32.2. The summed E-state index contributed by atoms with van der Waals surface area (Å²) in [6.07, 6.45) is 3.16. The Hall–Kier alpha value is -2.51. The summed E-state index contributed by atoms with van der Waals surface area (Å²) >= 11 is 0. The number of amides is 1. The molecule has 142 valence electrons. The van der Waals surface area contributed by atoms with Gasteiger partial charge in [-0.05, 0) is 37.1 Å². The van der Waals surface area contributed by atoms with Crippen molar-refractivity contribution < 1.29 is 17.6 Å². The molecular formula is C20H21FN2O3S. The van der Waals surface area contributed by atoms with Gasteiger partial charge in [-0.3, -0.25) is 4.79 Å². The largest absolute Gasteiger partial charge is 0.331 e. The first-order valence-corrected chi connectivity index (χ1v) is 10.2. The molecule has 2 aromatic rings. The van der Waals surface area contributed by atoms with Crippen LogP contribution in [0.3, 0.4) is 0 Å². The minimum atomic E-state index is -3.73. The molecule has 1 aliphatic rings. The van der Waals surface area contributed by atoms with Crippen LogP contribution >= 0.6 is 0 Å². The van der Waals surface area contributed by atoms with Crippen molar-refractivity contribution in [2.75, 3.05) is 6.54 Å². The van der Waals surface area contributed by atoms with Crippen LogP contribution in [0.2, 0.25) is 0 Å². The van der Waals surface area contributed by atoms with E-state index in [9.17, 15) is 17.6 Å². The number of nitrogens with zero attached hydrogens (tertiary/aromatic N) is 1. The predicted octanol–water partition coefficient (Wildman–Crippen LogP) is 3.09. The summed E-state index contributed by atoms with van der Waals surface area (Å²) in [5, 5.41) is 0. The predicted molar refractivity (Wildman–Crippen MR) is 101 cm³/mol. The molecule has 0 radical (unpaired) electrons. The van der Waals surface area contributed by atoms with Gasteiger partial charge >= 0.3 is 0 Å². The van der Waals surface area contributed by atoms with E-state index in [-0.39, 0.29) is 41.3 Å². The highest BCUT2D eigenvalue weighted by Gasteiger charge is 2.33. The van der Waals surface area contributed by atoms with Gasteiger partial charge in [0.25, 0.3) is 5.91 Å². The fourth-order valence-electron chi connectivity index (χ4n) is 2.78. The molecule has 0 heterocycles. The van der Waals surface area contributed by atoms with Crippen LogP contribution < -0.4 is 4.72 Å². The molecule has 2 aromatic carbocycles. The number of carbonyl (C=O) groups excluding carboxylic acids is 1. The lowest BCUT2D eigenvalue weighted by atomic mass is 10.1. The number of benzene rings is 2. The third kappa shape index (κ3) is 4.61. The Morgan fingerprint density at radius 3 is 2.63 bits per heavy atom. The molecule has 0 atom stereocenters. The molecule has 0 aliphatic heterocycles. The van der Waals surface area contributed by atoms with Crippen molar-refractivity contribution in [1.29, 1.82) is 0 Å². The maximum Gasteiger partial charge on any atom is 0.254 e. The maximum atomic E-state index is 14.0. The van der Waals surface area contributed by atoms with Crippen LogP contribution in [0.1, 0.15) is 28.8 Å². The molecule has 1 amide bonds. The highest BCUT2D eigenvalue weighted by Crippen LogP contribution is 2.30. The van der Waals surface area contributed by atoms with E-state index in [1.54, 1.807) is 29.2 Å². The van der Waals surface area contributed by atoms with Crippen LogP contribution in [-0.4, -0.2) is 31.8 Å². The Bertz CT molecular complexity index is 955. The van der Waals surface area contributed by atoms with Gasteiger partial charge in [-0.2, -0.15) is 0 Å². The summed E-state index contributed by atoms with van der Waals surface area (Å²) in [5.41, 5.74) is 0.703. The Labute approximate surface area is 158 Å². The van der Waals surface area contributed by atoms with Crippen LogP contribution in [0.4, 0.5) is 4.39 Å². The van der Waals surface area contributed by atoms with E-state index in [1.807, 2.05) is 0 Å².